The van der Waals surface area contributed by atoms with Gasteiger partial charge in [0.1, 0.15) is 18.1 Å². The molecular formula is C26H42N4O5. The summed E-state index contributed by atoms with van der Waals surface area (Å²) >= 11 is 0. The zero-order chi connectivity index (χ0) is 26.7. The van der Waals surface area contributed by atoms with Crippen LogP contribution in [0.1, 0.15) is 59.9 Å². The molecule has 5 atom stereocenters. The van der Waals surface area contributed by atoms with E-state index in [2.05, 4.69) is 16.0 Å². The summed E-state index contributed by atoms with van der Waals surface area (Å²) in [5, 5.41) is 17.5. The van der Waals surface area contributed by atoms with E-state index in [1.807, 2.05) is 51.1 Å². The summed E-state index contributed by atoms with van der Waals surface area (Å²) in [5.41, 5.74) is 7.00. The molecule has 0 unspecified atom stereocenters. The normalized spacial score (nSPS) is 15.6. The van der Waals surface area contributed by atoms with Gasteiger partial charge in [0.15, 0.2) is 0 Å². The molecule has 9 nitrogen and oxygen atoms in total. The van der Waals surface area contributed by atoms with E-state index in [1.165, 1.54) is 0 Å². The van der Waals surface area contributed by atoms with Gasteiger partial charge in [0, 0.05) is 0 Å². The monoisotopic (exact) mass is 490 g/mol. The van der Waals surface area contributed by atoms with Crippen LogP contribution in [0.5, 0.6) is 0 Å². The lowest BCUT2D eigenvalue weighted by Crippen LogP contribution is -2.59. The number of hydrogen-bond donors (Lipinski definition) is 5. The smallest absolute Gasteiger partial charge is 0.326 e. The second kappa shape index (κ2) is 14.5. The Labute approximate surface area is 208 Å². The van der Waals surface area contributed by atoms with Crippen molar-refractivity contribution >= 4 is 23.7 Å². The van der Waals surface area contributed by atoms with Crippen LogP contribution in [-0.4, -0.2) is 53.0 Å². The van der Waals surface area contributed by atoms with Crippen LogP contribution >= 0.6 is 0 Å². The lowest BCUT2D eigenvalue weighted by Gasteiger charge is -2.28. The first-order chi connectivity index (χ1) is 16.4. The minimum absolute atomic E-state index is 0.0875. The molecule has 0 saturated heterocycles. The van der Waals surface area contributed by atoms with Gasteiger partial charge in [0.25, 0.3) is 0 Å². The highest BCUT2D eigenvalue weighted by Gasteiger charge is 2.33. The highest BCUT2D eigenvalue weighted by atomic mass is 16.4. The van der Waals surface area contributed by atoms with Gasteiger partial charge in [-0.25, -0.2) is 4.79 Å². The molecule has 0 aliphatic heterocycles. The Hall–Kier alpha value is -2.94. The Kier molecular flexibility index (Phi) is 12.4. The molecule has 0 heterocycles. The van der Waals surface area contributed by atoms with Crippen LogP contribution in [0.15, 0.2) is 30.3 Å². The molecule has 0 saturated carbocycles. The summed E-state index contributed by atoms with van der Waals surface area (Å²) in [6, 6.07) is 5.61. The molecule has 0 aliphatic rings. The van der Waals surface area contributed by atoms with Gasteiger partial charge >= 0.3 is 5.97 Å². The van der Waals surface area contributed by atoms with Gasteiger partial charge in [0.05, 0.1) is 6.04 Å². The predicted molar refractivity (Wildman–Crippen MR) is 135 cm³/mol. The van der Waals surface area contributed by atoms with Crippen LogP contribution in [0.3, 0.4) is 0 Å². The summed E-state index contributed by atoms with van der Waals surface area (Å²) in [6.45, 7) is 11.0. The average molecular weight is 491 g/mol. The van der Waals surface area contributed by atoms with E-state index in [0.29, 0.717) is 19.3 Å². The van der Waals surface area contributed by atoms with Crippen LogP contribution < -0.4 is 21.7 Å². The number of hydrogen-bond acceptors (Lipinski definition) is 5. The average Bonchev–Trinajstić information content (AvgIpc) is 2.79. The fourth-order valence-corrected chi connectivity index (χ4v) is 3.66. The summed E-state index contributed by atoms with van der Waals surface area (Å²) in [7, 11) is 0. The quantitative estimate of drug-likeness (QED) is 0.268. The Morgan fingerprint density at radius 3 is 1.91 bits per heavy atom. The number of carboxylic acids is 1. The van der Waals surface area contributed by atoms with Crippen molar-refractivity contribution in [3.8, 4) is 0 Å². The van der Waals surface area contributed by atoms with Gasteiger partial charge in [-0.3, -0.25) is 14.4 Å². The van der Waals surface area contributed by atoms with Crippen LogP contribution in [0.2, 0.25) is 0 Å². The molecule has 1 rings (SSSR count). The minimum Gasteiger partial charge on any atom is -0.480 e. The number of benzene rings is 1. The van der Waals surface area contributed by atoms with Crippen molar-refractivity contribution in [1.82, 2.24) is 16.0 Å². The van der Waals surface area contributed by atoms with Crippen molar-refractivity contribution in [3.05, 3.63) is 35.9 Å². The van der Waals surface area contributed by atoms with Crippen molar-refractivity contribution < 1.29 is 24.3 Å². The van der Waals surface area contributed by atoms with E-state index in [9.17, 15) is 24.3 Å². The molecule has 0 fully saturated rings. The molecule has 6 N–H and O–H groups in total. The van der Waals surface area contributed by atoms with Gasteiger partial charge in [-0.05, 0) is 36.2 Å². The Morgan fingerprint density at radius 1 is 0.857 bits per heavy atom. The topological polar surface area (TPSA) is 151 Å². The molecule has 0 aliphatic carbocycles. The van der Waals surface area contributed by atoms with Gasteiger partial charge in [-0.2, -0.15) is 0 Å². The van der Waals surface area contributed by atoms with E-state index < -0.39 is 47.9 Å². The molecule has 0 bridgehead atoms. The second-order valence-corrected chi connectivity index (χ2v) is 9.93. The summed E-state index contributed by atoms with van der Waals surface area (Å²) in [5.74, 6) is -3.16. The molecule has 0 aromatic heterocycles. The van der Waals surface area contributed by atoms with Gasteiger partial charge in [0.2, 0.25) is 17.7 Å². The van der Waals surface area contributed by atoms with Gasteiger partial charge in [-0.1, -0.05) is 78.3 Å². The van der Waals surface area contributed by atoms with E-state index in [-0.39, 0.29) is 17.8 Å². The lowest BCUT2D eigenvalue weighted by molar-refractivity contribution is -0.144. The predicted octanol–water partition coefficient (Wildman–Crippen LogP) is 1.84. The first-order valence-corrected chi connectivity index (χ1v) is 12.3. The van der Waals surface area contributed by atoms with Crippen molar-refractivity contribution in [2.24, 2.45) is 23.5 Å². The number of aliphatic carboxylic acids is 1. The SMILES string of the molecule is CC[C@H](C)[C@H](NC(=O)[C@@H](NC(=O)[C@H](CC(C)C)NC(=O)[C@@H](N)Cc1ccccc1)C(C)C)C(=O)O. The van der Waals surface area contributed by atoms with Crippen LogP contribution in [0.4, 0.5) is 0 Å². The van der Waals surface area contributed by atoms with E-state index >= 15 is 0 Å². The molecule has 1 aromatic rings. The molecule has 9 heteroatoms. The van der Waals surface area contributed by atoms with Crippen molar-refractivity contribution in [3.63, 3.8) is 0 Å². The molecule has 0 radical (unpaired) electrons. The van der Waals surface area contributed by atoms with E-state index in [1.54, 1.807) is 20.8 Å². The zero-order valence-corrected chi connectivity index (χ0v) is 21.7. The molecule has 1 aromatic carbocycles. The Morgan fingerprint density at radius 2 is 1.43 bits per heavy atom. The maximum absolute atomic E-state index is 13.2. The number of amides is 3. The summed E-state index contributed by atoms with van der Waals surface area (Å²) < 4.78 is 0. The maximum Gasteiger partial charge on any atom is 0.326 e. The number of rotatable bonds is 14. The third kappa shape index (κ3) is 10.1. The fourth-order valence-electron chi connectivity index (χ4n) is 3.66. The Balaban J connectivity index is 2.94. The van der Waals surface area contributed by atoms with Crippen molar-refractivity contribution in [2.75, 3.05) is 0 Å². The number of carbonyl (C=O) groups excluding carboxylic acids is 3. The molecule has 0 spiro atoms. The zero-order valence-electron chi connectivity index (χ0n) is 21.7. The molecule has 35 heavy (non-hydrogen) atoms. The summed E-state index contributed by atoms with van der Waals surface area (Å²) in [6.07, 6.45) is 1.25. The minimum atomic E-state index is -1.13. The number of carbonyl (C=O) groups is 4. The van der Waals surface area contributed by atoms with Gasteiger partial charge < -0.3 is 26.8 Å². The maximum atomic E-state index is 13.2. The molecule has 3 amide bonds. The largest absolute Gasteiger partial charge is 0.480 e. The first kappa shape index (κ1) is 30.1. The van der Waals surface area contributed by atoms with Crippen LogP contribution in [0.25, 0.3) is 0 Å². The lowest BCUT2D eigenvalue weighted by atomic mass is 9.96. The number of nitrogens with one attached hydrogen (secondary N) is 3. The van der Waals surface area contributed by atoms with Crippen LogP contribution in [0, 0.1) is 17.8 Å². The fraction of sp³-hybridized carbons (Fsp3) is 0.615. The van der Waals surface area contributed by atoms with Crippen LogP contribution in [-0.2, 0) is 25.6 Å². The standard InChI is InChI=1S/C26H42N4O5/c1-7-17(6)22(26(34)35)30-25(33)21(16(4)5)29-24(32)20(13-15(2)3)28-23(31)19(27)14-18-11-9-8-10-12-18/h8-12,15-17,19-22H,7,13-14,27H2,1-6H3,(H,28,31)(H,29,32)(H,30,33)(H,34,35)/t17-,19-,20-,21-,22-/m0/s1. The Bertz CT molecular complexity index is 843. The van der Waals surface area contributed by atoms with Crippen molar-refractivity contribution in [2.45, 2.75) is 85.0 Å². The molecule has 196 valence electrons. The highest BCUT2D eigenvalue weighted by Crippen LogP contribution is 2.12. The summed E-state index contributed by atoms with van der Waals surface area (Å²) in [4.78, 5) is 50.5. The first-order valence-electron chi connectivity index (χ1n) is 12.3. The highest BCUT2D eigenvalue weighted by molar-refractivity contribution is 5.94. The third-order valence-corrected chi connectivity index (χ3v) is 6.00. The molecular weight excluding hydrogens is 448 g/mol. The van der Waals surface area contributed by atoms with E-state index in [0.717, 1.165) is 5.56 Å². The van der Waals surface area contributed by atoms with Crippen molar-refractivity contribution in [1.29, 1.82) is 0 Å². The van der Waals surface area contributed by atoms with Gasteiger partial charge in [-0.15, -0.1) is 0 Å². The number of carboxylic acid groups (broad SMARTS) is 1. The van der Waals surface area contributed by atoms with E-state index in [4.69, 9.17) is 5.73 Å². The number of nitrogens with two attached hydrogens (primary N) is 1. The second-order valence-electron chi connectivity index (χ2n) is 9.93. The third-order valence-electron chi connectivity index (χ3n) is 6.00.